The van der Waals surface area contributed by atoms with Gasteiger partial charge in [0.1, 0.15) is 0 Å². The first-order valence-corrected chi connectivity index (χ1v) is 5.70. The number of hydrogen-bond acceptors (Lipinski definition) is 2. The van der Waals surface area contributed by atoms with Crippen molar-refractivity contribution in [3.63, 3.8) is 0 Å². The van der Waals surface area contributed by atoms with E-state index in [0.717, 1.165) is 32.1 Å². The molecule has 2 atom stereocenters. The zero-order valence-electron chi connectivity index (χ0n) is 9.02. The predicted molar refractivity (Wildman–Crippen MR) is 61.5 cm³/mol. The Hall–Kier alpha value is -0.860. The van der Waals surface area contributed by atoms with Gasteiger partial charge in [0.25, 0.3) is 0 Å². The fourth-order valence-corrected chi connectivity index (χ4v) is 2.52. The third-order valence-corrected chi connectivity index (χ3v) is 3.24. The molecule has 2 unspecified atom stereocenters. The van der Waals surface area contributed by atoms with Gasteiger partial charge in [0.15, 0.2) is 0 Å². The topological polar surface area (TPSA) is 46.2 Å². The molecule has 0 amide bonds. The van der Waals surface area contributed by atoms with E-state index in [1.54, 1.807) is 0 Å². The van der Waals surface area contributed by atoms with E-state index >= 15 is 0 Å². The molecule has 1 aromatic carbocycles. The van der Waals surface area contributed by atoms with Gasteiger partial charge in [-0.15, -0.1) is 0 Å². The zero-order valence-corrected chi connectivity index (χ0v) is 9.02. The van der Waals surface area contributed by atoms with Crippen molar-refractivity contribution in [2.24, 2.45) is 5.73 Å². The lowest BCUT2D eigenvalue weighted by Crippen LogP contribution is -2.42. The highest BCUT2D eigenvalue weighted by Gasteiger charge is 2.32. The smallest absolute Gasteiger partial charge is 0.0702 e. The molecule has 2 heteroatoms. The van der Waals surface area contributed by atoms with Crippen LogP contribution in [-0.4, -0.2) is 16.7 Å². The van der Waals surface area contributed by atoms with Crippen molar-refractivity contribution in [3.05, 3.63) is 35.9 Å². The quantitative estimate of drug-likeness (QED) is 0.774. The Balaban J connectivity index is 2.04. The summed E-state index contributed by atoms with van der Waals surface area (Å²) in [5.74, 6) is 0. The van der Waals surface area contributed by atoms with Gasteiger partial charge in [-0.3, -0.25) is 0 Å². The van der Waals surface area contributed by atoms with E-state index in [0.29, 0.717) is 0 Å². The van der Waals surface area contributed by atoms with Gasteiger partial charge < -0.3 is 10.8 Å². The van der Waals surface area contributed by atoms with Crippen molar-refractivity contribution in [2.45, 2.75) is 43.7 Å². The van der Waals surface area contributed by atoms with Gasteiger partial charge in [-0.25, -0.2) is 0 Å². The minimum atomic E-state index is -0.570. The van der Waals surface area contributed by atoms with Gasteiger partial charge in [0, 0.05) is 12.5 Å². The lowest BCUT2D eigenvalue weighted by atomic mass is 9.78. The molecule has 1 fully saturated rings. The molecule has 2 rings (SSSR count). The van der Waals surface area contributed by atoms with Crippen LogP contribution in [0.25, 0.3) is 0 Å². The Morgan fingerprint density at radius 3 is 2.73 bits per heavy atom. The Morgan fingerprint density at radius 1 is 1.33 bits per heavy atom. The average Bonchev–Trinajstić information content (AvgIpc) is 2.18. The molecule has 0 saturated heterocycles. The zero-order chi connectivity index (χ0) is 10.7. The Kier molecular flexibility index (Phi) is 3.08. The number of hydrogen-bond donors (Lipinski definition) is 2. The van der Waals surface area contributed by atoms with Crippen molar-refractivity contribution < 1.29 is 5.11 Å². The number of nitrogens with two attached hydrogens (primary N) is 1. The van der Waals surface area contributed by atoms with Gasteiger partial charge in [-0.1, -0.05) is 30.3 Å². The van der Waals surface area contributed by atoms with Crippen molar-refractivity contribution in [1.29, 1.82) is 0 Å². The minimum Gasteiger partial charge on any atom is -0.389 e. The van der Waals surface area contributed by atoms with Gasteiger partial charge in [0.2, 0.25) is 0 Å². The highest BCUT2D eigenvalue weighted by molar-refractivity contribution is 5.17. The van der Waals surface area contributed by atoms with E-state index in [2.05, 4.69) is 12.1 Å². The maximum atomic E-state index is 10.4. The highest BCUT2D eigenvalue weighted by atomic mass is 16.3. The van der Waals surface area contributed by atoms with Crippen LogP contribution in [0, 0.1) is 0 Å². The first-order chi connectivity index (χ1) is 7.18. The summed E-state index contributed by atoms with van der Waals surface area (Å²) in [6.07, 6.45) is 4.46. The molecule has 0 bridgehead atoms. The average molecular weight is 205 g/mol. The molecule has 0 aromatic heterocycles. The summed E-state index contributed by atoms with van der Waals surface area (Å²) >= 11 is 0. The monoisotopic (exact) mass is 205 g/mol. The van der Waals surface area contributed by atoms with Gasteiger partial charge >= 0.3 is 0 Å². The first kappa shape index (κ1) is 10.7. The number of benzene rings is 1. The summed E-state index contributed by atoms with van der Waals surface area (Å²) in [5, 5.41) is 10.4. The van der Waals surface area contributed by atoms with E-state index in [1.165, 1.54) is 5.56 Å². The summed E-state index contributed by atoms with van der Waals surface area (Å²) in [5.41, 5.74) is 6.54. The van der Waals surface area contributed by atoms with Crippen LogP contribution in [0.15, 0.2) is 30.3 Å². The minimum absolute atomic E-state index is 0.174. The van der Waals surface area contributed by atoms with Crippen LogP contribution in [-0.2, 0) is 6.42 Å². The summed E-state index contributed by atoms with van der Waals surface area (Å²) in [7, 11) is 0. The van der Waals surface area contributed by atoms with Crippen LogP contribution in [0.3, 0.4) is 0 Å². The Bertz CT molecular complexity index is 312. The highest BCUT2D eigenvalue weighted by Crippen LogP contribution is 2.30. The second-order valence-corrected chi connectivity index (χ2v) is 4.74. The van der Waals surface area contributed by atoms with Crippen LogP contribution in [0.1, 0.15) is 31.2 Å². The van der Waals surface area contributed by atoms with Gasteiger partial charge in [0.05, 0.1) is 5.60 Å². The van der Waals surface area contributed by atoms with E-state index in [4.69, 9.17) is 5.73 Å². The normalized spacial score (nSPS) is 31.5. The Labute approximate surface area is 91.1 Å². The molecule has 1 aliphatic rings. The molecule has 2 nitrogen and oxygen atoms in total. The van der Waals surface area contributed by atoms with Crippen LogP contribution < -0.4 is 5.73 Å². The van der Waals surface area contributed by atoms with Crippen molar-refractivity contribution >= 4 is 0 Å². The largest absolute Gasteiger partial charge is 0.389 e. The fourth-order valence-electron chi connectivity index (χ4n) is 2.52. The van der Waals surface area contributed by atoms with Crippen LogP contribution in [0.2, 0.25) is 0 Å². The van der Waals surface area contributed by atoms with Crippen LogP contribution in [0.5, 0.6) is 0 Å². The van der Waals surface area contributed by atoms with E-state index in [1.807, 2.05) is 18.2 Å². The first-order valence-electron chi connectivity index (χ1n) is 5.70. The third kappa shape index (κ3) is 2.80. The van der Waals surface area contributed by atoms with Crippen molar-refractivity contribution in [2.75, 3.05) is 0 Å². The number of rotatable bonds is 2. The summed E-state index contributed by atoms with van der Waals surface area (Å²) < 4.78 is 0. The van der Waals surface area contributed by atoms with E-state index in [9.17, 15) is 5.11 Å². The number of aliphatic hydroxyl groups is 1. The van der Waals surface area contributed by atoms with Crippen LogP contribution >= 0.6 is 0 Å². The maximum absolute atomic E-state index is 10.4. The molecule has 1 aromatic rings. The lowest BCUT2D eigenvalue weighted by molar-refractivity contribution is -0.00190. The summed E-state index contributed by atoms with van der Waals surface area (Å²) in [6.45, 7) is 0. The molecule has 3 N–H and O–H groups in total. The summed E-state index contributed by atoms with van der Waals surface area (Å²) in [6, 6.07) is 10.3. The second-order valence-electron chi connectivity index (χ2n) is 4.74. The van der Waals surface area contributed by atoms with Gasteiger partial charge in [-0.2, -0.15) is 0 Å². The molecule has 82 valence electrons. The Morgan fingerprint density at radius 2 is 2.07 bits per heavy atom. The fraction of sp³-hybridized carbons (Fsp3) is 0.538. The maximum Gasteiger partial charge on any atom is 0.0702 e. The third-order valence-electron chi connectivity index (χ3n) is 3.24. The van der Waals surface area contributed by atoms with E-state index < -0.39 is 5.60 Å². The van der Waals surface area contributed by atoms with Crippen LogP contribution in [0.4, 0.5) is 0 Å². The SMILES string of the molecule is NC1CCCC(O)(Cc2ccccc2)C1. The van der Waals surface area contributed by atoms with Crippen molar-refractivity contribution in [1.82, 2.24) is 0 Å². The van der Waals surface area contributed by atoms with Gasteiger partial charge in [-0.05, 0) is 31.2 Å². The molecule has 0 radical (unpaired) electrons. The predicted octanol–water partition coefficient (Wildman–Crippen LogP) is 1.86. The molecular formula is C13H19NO. The van der Waals surface area contributed by atoms with Crippen molar-refractivity contribution in [3.8, 4) is 0 Å². The molecule has 1 aliphatic carbocycles. The lowest BCUT2D eigenvalue weighted by Gasteiger charge is -2.35. The standard InChI is InChI=1S/C13H19NO/c14-12-7-4-8-13(15,10-12)9-11-5-2-1-3-6-11/h1-3,5-6,12,15H,4,7-10,14H2. The molecular weight excluding hydrogens is 186 g/mol. The van der Waals surface area contributed by atoms with E-state index in [-0.39, 0.29) is 6.04 Å². The molecule has 0 aliphatic heterocycles. The molecule has 1 saturated carbocycles. The molecule has 0 spiro atoms. The molecule has 15 heavy (non-hydrogen) atoms. The molecule has 0 heterocycles. The second kappa shape index (κ2) is 4.33. The summed E-state index contributed by atoms with van der Waals surface area (Å²) in [4.78, 5) is 0.